The number of anilines is 2. The van der Waals surface area contributed by atoms with E-state index in [-0.39, 0.29) is 5.91 Å². The van der Waals surface area contributed by atoms with Gasteiger partial charge in [0, 0.05) is 24.6 Å². The number of hydrogen-bond donors (Lipinski definition) is 2. The lowest BCUT2D eigenvalue weighted by Crippen LogP contribution is -2.16. The number of carbonyl (C=O) groups excluding carboxylic acids is 1. The molecule has 0 aliphatic rings. The molecule has 0 unspecified atom stereocenters. The minimum atomic E-state index is -0.173. The smallest absolute Gasteiger partial charge is 0.258 e. The van der Waals surface area contributed by atoms with Crippen LogP contribution in [0.5, 0.6) is 0 Å². The van der Waals surface area contributed by atoms with Crippen molar-refractivity contribution in [2.75, 3.05) is 17.2 Å². The van der Waals surface area contributed by atoms with Gasteiger partial charge in [0.25, 0.3) is 5.91 Å². The van der Waals surface area contributed by atoms with Crippen LogP contribution in [0.2, 0.25) is 0 Å². The molecule has 0 aliphatic heterocycles. The lowest BCUT2D eigenvalue weighted by Gasteiger charge is -2.14. The SMILES string of the molecule is CCCCCNc1ncc(C(=O)Nc2c(CC)cccc2CC)cn1. The van der Waals surface area contributed by atoms with Crippen LogP contribution in [0.1, 0.15) is 61.5 Å². The van der Waals surface area contributed by atoms with E-state index in [0.717, 1.165) is 42.6 Å². The standard InChI is InChI=1S/C20H28N4O/c1-4-7-8-12-21-20-22-13-17(14-23-20)19(25)24-18-15(5-2)10-9-11-16(18)6-3/h9-11,13-14H,4-8,12H2,1-3H3,(H,24,25)(H,21,22,23). The van der Waals surface area contributed by atoms with E-state index in [2.05, 4.69) is 53.5 Å². The number of aromatic nitrogens is 2. The Morgan fingerprint density at radius 1 is 1.00 bits per heavy atom. The molecule has 0 aliphatic carbocycles. The number of aryl methyl sites for hydroxylation is 2. The first-order valence-corrected chi connectivity index (χ1v) is 9.17. The van der Waals surface area contributed by atoms with Gasteiger partial charge in [0.05, 0.1) is 5.56 Å². The average Bonchev–Trinajstić information content (AvgIpc) is 2.65. The van der Waals surface area contributed by atoms with E-state index in [0.29, 0.717) is 11.5 Å². The molecule has 2 N–H and O–H groups in total. The molecule has 5 nitrogen and oxygen atoms in total. The molecule has 0 spiro atoms. The summed E-state index contributed by atoms with van der Waals surface area (Å²) in [5.74, 6) is 0.393. The Morgan fingerprint density at radius 2 is 1.64 bits per heavy atom. The molecule has 0 atom stereocenters. The first-order valence-electron chi connectivity index (χ1n) is 9.17. The van der Waals surface area contributed by atoms with Crippen molar-refractivity contribution in [3.63, 3.8) is 0 Å². The van der Waals surface area contributed by atoms with Gasteiger partial charge in [-0.2, -0.15) is 0 Å². The molecule has 1 aromatic carbocycles. The summed E-state index contributed by atoms with van der Waals surface area (Å²) in [4.78, 5) is 21.0. The third-order valence-electron chi connectivity index (χ3n) is 4.21. The highest BCUT2D eigenvalue weighted by molar-refractivity contribution is 6.04. The maximum atomic E-state index is 12.5. The Morgan fingerprint density at radius 3 is 2.20 bits per heavy atom. The minimum absolute atomic E-state index is 0.173. The van der Waals surface area contributed by atoms with Crippen molar-refractivity contribution >= 4 is 17.5 Å². The summed E-state index contributed by atoms with van der Waals surface area (Å²) >= 11 is 0. The van der Waals surface area contributed by atoms with E-state index in [1.165, 1.54) is 12.8 Å². The quantitative estimate of drug-likeness (QED) is 0.662. The van der Waals surface area contributed by atoms with Gasteiger partial charge in [-0.1, -0.05) is 51.8 Å². The zero-order valence-electron chi connectivity index (χ0n) is 15.4. The van der Waals surface area contributed by atoms with Gasteiger partial charge in [-0.3, -0.25) is 4.79 Å². The predicted molar refractivity (Wildman–Crippen MR) is 103 cm³/mol. The van der Waals surface area contributed by atoms with Crippen LogP contribution in [-0.2, 0) is 12.8 Å². The number of unbranched alkanes of at least 4 members (excludes halogenated alkanes) is 2. The Bertz CT molecular complexity index is 660. The Hall–Kier alpha value is -2.43. The van der Waals surface area contributed by atoms with Gasteiger partial charge in [0.1, 0.15) is 0 Å². The number of hydrogen-bond acceptors (Lipinski definition) is 4. The van der Waals surface area contributed by atoms with Crippen molar-refractivity contribution in [1.82, 2.24) is 9.97 Å². The van der Waals surface area contributed by atoms with Crippen molar-refractivity contribution in [1.29, 1.82) is 0 Å². The number of nitrogens with one attached hydrogen (secondary N) is 2. The lowest BCUT2D eigenvalue weighted by atomic mass is 10.0. The fraction of sp³-hybridized carbons (Fsp3) is 0.450. The summed E-state index contributed by atoms with van der Waals surface area (Å²) in [5, 5.41) is 6.22. The molecule has 0 saturated heterocycles. The van der Waals surface area contributed by atoms with E-state index in [4.69, 9.17) is 0 Å². The maximum absolute atomic E-state index is 12.5. The normalized spacial score (nSPS) is 10.5. The summed E-state index contributed by atoms with van der Waals surface area (Å²) in [6.45, 7) is 7.20. The van der Waals surface area contributed by atoms with Crippen LogP contribution in [-0.4, -0.2) is 22.4 Å². The van der Waals surface area contributed by atoms with Crippen molar-refractivity contribution < 1.29 is 4.79 Å². The summed E-state index contributed by atoms with van der Waals surface area (Å²) < 4.78 is 0. The predicted octanol–water partition coefficient (Wildman–Crippen LogP) is 4.46. The van der Waals surface area contributed by atoms with Crippen LogP contribution in [0.3, 0.4) is 0 Å². The average molecular weight is 340 g/mol. The maximum Gasteiger partial charge on any atom is 0.258 e. The molecular formula is C20H28N4O. The summed E-state index contributed by atoms with van der Waals surface area (Å²) in [7, 11) is 0. The minimum Gasteiger partial charge on any atom is -0.354 e. The van der Waals surface area contributed by atoms with Gasteiger partial charge in [-0.05, 0) is 30.4 Å². The monoisotopic (exact) mass is 340 g/mol. The highest BCUT2D eigenvalue weighted by Gasteiger charge is 2.12. The second kappa shape index (κ2) is 9.77. The highest BCUT2D eigenvalue weighted by atomic mass is 16.1. The van der Waals surface area contributed by atoms with Crippen LogP contribution < -0.4 is 10.6 Å². The first-order chi connectivity index (χ1) is 12.2. The van der Waals surface area contributed by atoms with Gasteiger partial charge in [-0.25, -0.2) is 9.97 Å². The number of amides is 1. The van der Waals surface area contributed by atoms with Crippen LogP contribution >= 0.6 is 0 Å². The molecule has 2 rings (SSSR count). The molecular weight excluding hydrogens is 312 g/mol. The largest absolute Gasteiger partial charge is 0.354 e. The Kier molecular flexibility index (Phi) is 7.38. The van der Waals surface area contributed by atoms with Gasteiger partial charge < -0.3 is 10.6 Å². The highest BCUT2D eigenvalue weighted by Crippen LogP contribution is 2.23. The molecule has 134 valence electrons. The second-order valence-electron chi connectivity index (χ2n) is 6.04. The molecule has 0 saturated carbocycles. The zero-order valence-corrected chi connectivity index (χ0v) is 15.4. The molecule has 1 heterocycles. The lowest BCUT2D eigenvalue weighted by molar-refractivity contribution is 0.102. The van der Waals surface area contributed by atoms with Crippen molar-refractivity contribution in [2.45, 2.75) is 52.9 Å². The van der Waals surface area contributed by atoms with Crippen molar-refractivity contribution in [3.05, 3.63) is 47.3 Å². The number of benzene rings is 1. The van der Waals surface area contributed by atoms with Gasteiger partial charge in [-0.15, -0.1) is 0 Å². The summed E-state index contributed by atoms with van der Waals surface area (Å²) in [6, 6.07) is 6.14. The molecule has 0 bridgehead atoms. The Labute approximate surface area is 150 Å². The summed E-state index contributed by atoms with van der Waals surface area (Å²) in [5.41, 5.74) is 3.66. The first kappa shape index (κ1) is 18.9. The molecule has 0 radical (unpaired) electrons. The number of nitrogens with zero attached hydrogens (tertiary/aromatic N) is 2. The van der Waals surface area contributed by atoms with Gasteiger partial charge in [0.15, 0.2) is 0 Å². The molecule has 5 heteroatoms. The van der Waals surface area contributed by atoms with E-state index < -0.39 is 0 Å². The topological polar surface area (TPSA) is 66.9 Å². The Balaban J connectivity index is 2.04. The molecule has 1 aromatic heterocycles. The van der Waals surface area contributed by atoms with Crippen LogP contribution in [0.4, 0.5) is 11.6 Å². The van der Waals surface area contributed by atoms with Crippen LogP contribution in [0, 0.1) is 0 Å². The van der Waals surface area contributed by atoms with Gasteiger partial charge in [0.2, 0.25) is 5.95 Å². The third kappa shape index (κ3) is 5.28. The molecule has 2 aromatic rings. The number of rotatable bonds is 9. The molecule has 0 fully saturated rings. The fourth-order valence-corrected chi connectivity index (χ4v) is 2.70. The second-order valence-corrected chi connectivity index (χ2v) is 6.04. The fourth-order valence-electron chi connectivity index (χ4n) is 2.70. The molecule has 25 heavy (non-hydrogen) atoms. The number of carbonyl (C=O) groups is 1. The van der Waals surface area contributed by atoms with Crippen LogP contribution in [0.25, 0.3) is 0 Å². The van der Waals surface area contributed by atoms with Crippen molar-refractivity contribution in [3.8, 4) is 0 Å². The zero-order chi connectivity index (χ0) is 18.1. The number of para-hydroxylation sites is 1. The summed E-state index contributed by atoms with van der Waals surface area (Å²) in [6.07, 6.45) is 8.36. The van der Waals surface area contributed by atoms with Crippen molar-refractivity contribution in [2.24, 2.45) is 0 Å². The van der Waals surface area contributed by atoms with Crippen LogP contribution in [0.15, 0.2) is 30.6 Å². The van der Waals surface area contributed by atoms with E-state index in [9.17, 15) is 4.79 Å². The third-order valence-corrected chi connectivity index (χ3v) is 4.21. The van der Waals surface area contributed by atoms with Gasteiger partial charge >= 0.3 is 0 Å². The molecule has 1 amide bonds. The van der Waals surface area contributed by atoms with E-state index in [1.54, 1.807) is 12.4 Å². The van der Waals surface area contributed by atoms with E-state index >= 15 is 0 Å². The van der Waals surface area contributed by atoms with E-state index in [1.807, 2.05) is 6.07 Å².